The first-order valence-corrected chi connectivity index (χ1v) is 31.4. The number of nitrogens with zero attached hydrogens (tertiary/aromatic N) is 8. The molecule has 6 aromatic heterocycles. The first kappa shape index (κ1) is 76.8. The van der Waals surface area contributed by atoms with Crippen molar-refractivity contribution in [3.05, 3.63) is 291 Å². The number of para-hydroxylation sites is 7. The Balaban J connectivity index is 0.000000182. The Morgan fingerprint density at radius 2 is 0.800 bits per heavy atom. The van der Waals surface area contributed by atoms with E-state index in [-0.39, 0.29) is 94.9 Å². The normalized spacial score (nSPS) is 10.9. The quantitative estimate of drug-likeness (QED) is 0.0693. The van der Waals surface area contributed by atoms with Crippen LogP contribution < -0.4 is 0 Å². The number of allylic oxidation sites excluding steroid dienone is 6. The Bertz CT molecular complexity index is 4930. The minimum absolute atomic E-state index is 0. The van der Waals surface area contributed by atoms with Gasteiger partial charge in [-0.15, -0.1) is 101 Å². The van der Waals surface area contributed by atoms with Gasteiger partial charge in [-0.3, -0.25) is 34.3 Å². The number of hydrogen-bond acceptors (Lipinski definition) is 16. The van der Waals surface area contributed by atoms with Crippen molar-refractivity contribution in [1.82, 2.24) is 39.9 Å². The van der Waals surface area contributed by atoms with E-state index in [2.05, 4.69) is 95.6 Å². The van der Waals surface area contributed by atoms with Gasteiger partial charge in [-0.25, -0.2) is 9.97 Å². The van der Waals surface area contributed by atoms with Gasteiger partial charge in [0.05, 0.1) is 54.6 Å². The molecular weight excluding hydrogens is 1810 g/mol. The van der Waals surface area contributed by atoms with Crippen molar-refractivity contribution in [2.24, 2.45) is 0 Å². The molecule has 9 aromatic carbocycles. The van der Waals surface area contributed by atoms with Crippen LogP contribution in [0.15, 0.2) is 277 Å². The van der Waals surface area contributed by atoms with Crippen LogP contribution in [0.3, 0.4) is 0 Å². The summed E-state index contributed by atoms with van der Waals surface area (Å²) >= 11 is 1.71. The van der Waals surface area contributed by atoms with Crippen molar-refractivity contribution >= 4 is 93.6 Å². The largest absolute Gasteiger partial charge is 0.512 e. The molecule has 3 N–H and O–H groups in total. The summed E-state index contributed by atoms with van der Waals surface area (Å²) in [5.74, 6) is 0.419. The Morgan fingerprint density at radius 3 is 1.26 bits per heavy atom. The van der Waals surface area contributed by atoms with E-state index in [1.807, 2.05) is 182 Å². The molecule has 0 amide bonds. The smallest absolute Gasteiger partial charge is 0.183 e. The fourth-order valence-corrected chi connectivity index (χ4v) is 10.8. The number of carbonyl (C=O) groups is 3. The maximum atomic E-state index is 10.0. The van der Waals surface area contributed by atoms with Crippen molar-refractivity contribution in [2.75, 3.05) is 0 Å². The molecule has 19 heteroatoms. The number of hydrogen-bond donors (Lipinski definition) is 3. The number of benzene rings is 9. The first-order chi connectivity index (χ1) is 47.0. The molecule has 15 aromatic rings. The van der Waals surface area contributed by atoms with E-state index in [0.29, 0.717) is 5.89 Å². The third kappa shape index (κ3) is 21.2. The van der Waals surface area contributed by atoms with Gasteiger partial charge >= 0.3 is 0 Å². The second-order valence-corrected chi connectivity index (χ2v) is 22.9. The molecule has 0 aliphatic rings. The summed E-state index contributed by atoms with van der Waals surface area (Å²) in [6.45, 7) is 8.54. The van der Waals surface area contributed by atoms with Gasteiger partial charge < -0.3 is 29.7 Å². The maximum Gasteiger partial charge on any atom is 0.183 e. The molecule has 0 aliphatic heterocycles. The van der Waals surface area contributed by atoms with E-state index in [1.54, 1.807) is 23.7 Å². The fourth-order valence-electron chi connectivity index (χ4n) is 9.88. The molecule has 0 spiro atoms. The summed E-state index contributed by atoms with van der Waals surface area (Å²) in [7, 11) is 0. The minimum Gasteiger partial charge on any atom is -0.512 e. The topological polar surface area (TPSA) is 228 Å². The average Bonchev–Trinajstić information content (AvgIpc) is 1.19. The van der Waals surface area contributed by atoms with Gasteiger partial charge in [-0.2, -0.15) is 0 Å². The Morgan fingerprint density at radius 1 is 0.390 bits per heavy atom. The third-order valence-electron chi connectivity index (χ3n) is 14.1. The molecule has 0 atom stereocenters. The Labute approximate surface area is 622 Å². The van der Waals surface area contributed by atoms with Crippen LogP contribution in [0.2, 0.25) is 0 Å². The zero-order valence-electron chi connectivity index (χ0n) is 54.7. The fraction of sp³-hybridized carbons (Fsp3) is 0.0741. The number of carbonyl (C=O) groups excluding carboxylic acids is 3. The summed E-state index contributed by atoms with van der Waals surface area (Å²) in [5, 5.41) is 30.7. The molecular formula is C81H63Ir3N8O7S-3. The molecule has 0 unspecified atom stereocenters. The Hall–Kier alpha value is -10.6. The van der Waals surface area contributed by atoms with E-state index in [0.717, 1.165) is 111 Å². The minimum atomic E-state index is -0.125. The van der Waals surface area contributed by atoms with Gasteiger partial charge in [0, 0.05) is 115 Å². The summed E-state index contributed by atoms with van der Waals surface area (Å²) in [5.41, 5.74) is 15.6. The standard InChI is InChI=1S/C22H13N4.C22H13N2O.C22H13N2S.3C5H8O2.3Ir/c1-3-7-19-17(5-1)23-13-21(25-19)15-9-11-16(12-10-15)22-14-24-18-6-2-4-8-20(18)26-22;2*1-2-6-18-15(5-1)13-14-23-21(18)16-9-11-17(12-10-16)22-24-19-7-3-4-8-20(19)25-22;3*1-4(6)3-5(2)7;;;/h1-11,13-14H;2*1-9,11-14H;3*3,6H,1-2H3;;;/q3*-1;;;;;;. The van der Waals surface area contributed by atoms with Gasteiger partial charge in [0.15, 0.2) is 28.8 Å². The molecule has 0 saturated heterocycles. The van der Waals surface area contributed by atoms with E-state index in [9.17, 15) is 14.4 Å². The van der Waals surface area contributed by atoms with Crippen LogP contribution in [-0.4, -0.2) is 72.5 Å². The number of aliphatic hydroxyl groups excluding tert-OH is 3. The van der Waals surface area contributed by atoms with Gasteiger partial charge in [-0.05, 0) is 141 Å². The van der Waals surface area contributed by atoms with Crippen LogP contribution in [0.1, 0.15) is 41.5 Å². The van der Waals surface area contributed by atoms with Crippen molar-refractivity contribution in [3.8, 4) is 67.1 Å². The van der Waals surface area contributed by atoms with Crippen LogP contribution >= 0.6 is 11.3 Å². The molecule has 0 saturated carbocycles. The number of oxazole rings is 1. The van der Waals surface area contributed by atoms with Crippen molar-refractivity contribution < 1.29 is 94.4 Å². The predicted octanol–water partition coefficient (Wildman–Crippen LogP) is 19.3. The molecule has 15 nitrogen and oxygen atoms in total. The summed E-state index contributed by atoms with van der Waals surface area (Å²) in [4.78, 5) is 66.7. The molecule has 6 heterocycles. The Kier molecular flexibility index (Phi) is 28.7. The van der Waals surface area contributed by atoms with E-state index in [4.69, 9.17) is 24.7 Å². The van der Waals surface area contributed by atoms with Crippen LogP contribution in [0.5, 0.6) is 0 Å². The van der Waals surface area contributed by atoms with Gasteiger partial charge in [0.25, 0.3) is 0 Å². The van der Waals surface area contributed by atoms with Gasteiger partial charge in [-0.1, -0.05) is 108 Å². The SMILES string of the molecule is CC(=O)C=C(C)O.CC(=O)C=C(C)O.CC(=O)C=C(C)O.[Ir].[Ir].[Ir].[c-]1cc(-c2cnc3ccccc3n2)ccc1-c1cnc2ccccc2n1.[c-]1cc(-c2nc3ccccc3o2)ccc1-c1nccc2ccccc12.[c-]1cc(-c2nc3ccccc3s2)ccc1-c1nccc2ccccc12. The molecule has 3 radical (unpaired) electrons. The van der Waals surface area contributed by atoms with E-state index < -0.39 is 0 Å². The van der Waals surface area contributed by atoms with Gasteiger partial charge in [0.2, 0.25) is 0 Å². The summed E-state index contributed by atoms with van der Waals surface area (Å²) in [6, 6.07) is 80.3. The summed E-state index contributed by atoms with van der Waals surface area (Å²) < 4.78 is 7.03. The van der Waals surface area contributed by atoms with Crippen LogP contribution in [-0.2, 0) is 74.7 Å². The van der Waals surface area contributed by atoms with Crippen LogP contribution in [0, 0.1) is 18.2 Å². The van der Waals surface area contributed by atoms with Crippen LogP contribution in [0.4, 0.5) is 0 Å². The van der Waals surface area contributed by atoms with E-state index in [1.165, 1.54) is 75.2 Å². The van der Waals surface area contributed by atoms with Crippen molar-refractivity contribution in [1.29, 1.82) is 0 Å². The predicted molar refractivity (Wildman–Crippen MR) is 387 cm³/mol. The summed E-state index contributed by atoms with van der Waals surface area (Å²) in [6.07, 6.45) is 10.8. The van der Waals surface area contributed by atoms with E-state index >= 15 is 0 Å². The average molecular weight is 1870 g/mol. The molecule has 100 heavy (non-hydrogen) atoms. The number of ketones is 3. The molecule has 0 bridgehead atoms. The number of thiazole rings is 1. The number of aliphatic hydroxyl groups is 3. The second kappa shape index (κ2) is 37.4. The van der Waals surface area contributed by atoms with Crippen molar-refractivity contribution in [3.63, 3.8) is 0 Å². The van der Waals surface area contributed by atoms with Gasteiger partial charge in [0.1, 0.15) is 5.52 Å². The third-order valence-corrected chi connectivity index (χ3v) is 15.2. The zero-order chi connectivity index (χ0) is 68.2. The zero-order valence-corrected chi connectivity index (χ0v) is 62.7. The molecule has 15 rings (SSSR count). The van der Waals surface area contributed by atoms with Crippen molar-refractivity contribution in [2.45, 2.75) is 41.5 Å². The number of rotatable bonds is 9. The first-order valence-electron chi connectivity index (χ1n) is 30.5. The second-order valence-electron chi connectivity index (χ2n) is 21.9. The number of fused-ring (bicyclic) bond motifs is 6. The number of aromatic nitrogens is 8. The maximum absolute atomic E-state index is 10.0. The molecule has 505 valence electrons. The number of pyridine rings is 2. The monoisotopic (exact) mass is 1870 g/mol. The molecule has 0 aliphatic carbocycles. The molecule has 0 fully saturated rings. The van der Waals surface area contributed by atoms with Crippen LogP contribution in [0.25, 0.3) is 132 Å².